The number of nitrogens with one attached hydrogen (secondary N) is 1. The van der Waals surface area contributed by atoms with Crippen molar-refractivity contribution in [3.8, 4) is 5.75 Å². The van der Waals surface area contributed by atoms with Gasteiger partial charge in [-0.05, 0) is 63.4 Å². The average molecular weight is 495 g/mol. The van der Waals surface area contributed by atoms with Gasteiger partial charge >= 0.3 is 0 Å². The Hall–Kier alpha value is -0.870. The number of phenols is 1. The summed E-state index contributed by atoms with van der Waals surface area (Å²) in [4.78, 5) is 12.2. The first-order valence-electron chi connectivity index (χ1n) is 5.71. The Morgan fingerprint density at radius 3 is 2.60 bits per heavy atom. The van der Waals surface area contributed by atoms with E-state index in [4.69, 9.17) is 0 Å². The van der Waals surface area contributed by atoms with E-state index >= 15 is 0 Å². The fraction of sp³-hybridized carbons (Fsp3) is 0.0714. The van der Waals surface area contributed by atoms with Gasteiger partial charge in [0.2, 0.25) is 0 Å². The van der Waals surface area contributed by atoms with Crippen molar-refractivity contribution in [2.45, 2.75) is 6.61 Å². The largest absolute Gasteiger partial charge is 0.506 e. The fourth-order valence-corrected chi connectivity index (χ4v) is 3.55. The number of aliphatic hydroxyl groups excluding tert-OH is 1. The van der Waals surface area contributed by atoms with Gasteiger partial charge in [-0.25, -0.2) is 0 Å². The molecule has 104 valence electrons. The molecule has 0 saturated carbocycles. The van der Waals surface area contributed by atoms with Crippen LogP contribution in [0.5, 0.6) is 5.75 Å². The number of amides is 1. The lowest BCUT2D eigenvalue weighted by Crippen LogP contribution is -2.14. The van der Waals surface area contributed by atoms with Crippen LogP contribution in [-0.4, -0.2) is 16.1 Å². The van der Waals surface area contributed by atoms with Gasteiger partial charge in [0.1, 0.15) is 5.75 Å². The summed E-state index contributed by atoms with van der Waals surface area (Å²) in [5.74, 6) is -0.440. The third-order valence-corrected chi connectivity index (χ3v) is 4.15. The Balaban J connectivity index is 2.33. The Kier molecular flexibility index (Phi) is 5.22. The third kappa shape index (κ3) is 3.41. The molecule has 0 atom stereocenters. The maximum Gasteiger partial charge on any atom is 0.259 e. The first-order valence-corrected chi connectivity index (χ1v) is 7.87. The number of hydrogen-bond donors (Lipinski definition) is 3. The quantitative estimate of drug-likeness (QED) is 0.573. The molecule has 0 aliphatic heterocycles. The predicted octanol–water partition coefficient (Wildman–Crippen LogP) is 3.35. The van der Waals surface area contributed by atoms with Crippen molar-refractivity contribution in [1.29, 1.82) is 0 Å². The second kappa shape index (κ2) is 6.72. The summed E-state index contributed by atoms with van der Waals surface area (Å²) in [6.07, 6.45) is 0. The number of anilines is 1. The summed E-state index contributed by atoms with van der Waals surface area (Å²) < 4.78 is 1.49. The number of carbonyl (C=O) groups is 1. The van der Waals surface area contributed by atoms with Crippen molar-refractivity contribution in [2.24, 2.45) is 0 Å². The van der Waals surface area contributed by atoms with Crippen molar-refractivity contribution < 1.29 is 15.0 Å². The van der Waals surface area contributed by atoms with E-state index in [0.717, 1.165) is 3.57 Å². The van der Waals surface area contributed by atoms with Gasteiger partial charge in [-0.3, -0.25) is 4.79 Å². The van der Waals surface area contributed by atoms with Crippen molar-refractivity contribution in [1.82, 2.24) is 0 Å². The van der Waals surface area contributed by atoms with Gasteiger partial charge in [-0.1, -0.05) is 18.2 Å². The number of carbonyl (C=O) groups excluding carboxylic acids is 1. The highest BCUT2D eigenvalue weighted by atomic mass is 127. The van der Waals surface area contributed by atoms with Gasteiger partial charge in [-0.2, -0.15) is 0 Å². The van der Waals surface area contributed by atoms with Crippen LogP contribution >= 0.6 is 45.2 Å². The lowest BCUT2D eigenvalue weighted by atomic mass is 10.1. The molecular formula is C14H11I2NO3. The second-order valence-corrected chi connectivity index (χ2v) is 6.46. The van der Waals surface area contributed by atoms with Crippen molar-refractivity contribution in [3.63, 3.8) is 0 Å². The number of para-hydroxylation sites is 1. The van der Waals surface area contributed by atoms with Gasteiger partial charge in [0.05, 0.1) is 15.7 Å². The highest BCUT2D eigenvalue weighted by Crippen LogP contribution is 2.28. The highest BCUT2D eigenvalue weighted by Gasteiger charge is 2.16. The van der Waals surface area contributed by atoms with Crippen LogP contribution in [0.15, 0.2) is 36.4 Å². The number of rotatable bonds is 3. The molecule has 2 rings (SSSR count). The molecule has 0 aliphatic carbocycles. The Morgan fingerprint density at radius 2 is 1.90 bits per heavy atom. The SMILES string of the molecule is O=C(Nc1ccccc1CO)c1cc(I)cc(I)c1O. The maximum atomic E-state index is 12.2. The summed E-state index contributed by atoms with van der Waals surface area (Å²) in [6, 6.07) is 10.4. The van der Waals surface area contributed by atoms with Crippen LogP contribution in [-0.2, 0) is 6.61 Å². The minimum Gasteiger partial charge on any atom is -0.506 e. The number of halogens is 2. The Bertz CT molecular complexity index is 659. The summed E-state index contributed by atoms with van der Waals surface area (Å²) >= 11 is 4.07. The number of benzene rings is 2. The van der Waals surface area contributed by atoms with Gasteiger partial charge in [0, 0.05) is 14.8 Å². The Morgan fingerprint density at radius 1 is 1.20 bits per heavy atom. The van der Waals surface area contributed by atoms with E-state index < -0.39 is 5.91 Å². The zero-order chi connectivity index (χ0) is 14.7. The maximum absolute atomic E-state index is 12.2. The predicted molar refractivity (Wildman–Crippen MR) is 93.9 cm³/mol. The van der Waals surface area contributed by atoms with Crippen molar-refractivity contribution in [3.05, 3.63) is 54.7 Å². The molecule has 4 nitrogen and oxygen atoms in total. The van der Waals surface area contributed by atoms with E-state index in [1.165, 1.54) is 0 Å². The molecule has 0 fully saturated rings. The monoisotopic (exact) mass is 495 g/mol. The van der Waals surface area contributed by atoms with Crippen LogP contribution in [0, 0.1) is 7.14 Å². The normalized spacial score (nSPS) is 10.3. The average Bonchev–Trinajstić information content (AvgIpc) is 2.43. The molecule has 2 aromatic rings. The van der Waals surface area contributed by atoms with Crippen LogP contribution in [0.3, 0.4) is 0 Å². The molecule has 0 spiro atoms. The molecule has 0 radical (unpaired) electrons. The van der Waals surface area contributed by atoms with Crippen LogP contribution in [0.4, 0.5) is 5.69 Å². The Labute approximate surface area is 143 Å². The summed E-state index contributed by atoms with van der Waals surface area (Å²) in [5, 5.41) is 21.9. The molecule has 1 amide bonds. The van der Waals surface area contributed by atoms with E-state index in [1.807, 2.05) is 22.6 Å². The minimum absolute atomic E-state index is 0.0370. The number of aromatic hydroxyl groups is 1. The fourth-order valence-electron chi connectivity index (χ4n) is 1.71. The van der Waals surface area contributed by atoms with Gasteiger partial charge in [-0.15, -0.1) is 0 Å². The van der Waals surface area contributed by atoms with E-state index in [0.29, 0.717) is 14.8 Å². The molecule has 20 heavy (non-hydrogen) atoms. The first-order chi connectivity index (χ1) is 9.52. The van der Waals surface area contributed by atoms with Crippen LogP contribution in [0.25, 0.3) is 0 Å². The molecule has 0 unspecified atom stereocenters. The van der Waals surface area contributed by atoms with Crippen LogP contribution in [0.2, 0.25) is 0 Å². The first kappa shape index (κ1) is 15.5. The summed E-state index contributed by atoms with van der Waals surface area (Å²) in [5.41, 5.74) is 1.38. The number of hydrogen-bond acceptors (Lipinski definition) is 3. The molecular weight excluding hydrogens is 484 g/mol. The number of aliphatic hydroxyl groups is 1. The van der Waals surface area contributed by atoms with E-state index in [-0.39, 0.29) is 17.9 Å². The molecule has 2 aromatic carbocycles. The standard InChI is InChI=1S/C14H11I2NO3/c15-9-5-10(13(19)11(16)6-9)14(20)17-12-4-2-1-3-8(12)7-18/h1-6,18-19H,7H2,(H,17,20). The second-order valence-electron chi connectivity index (χ2n) is 4.05. The summed E-state index contributed by atoms with van der Waals surface area (Å²) in [6.45, 7) is -0.160. The van der Waals surface area contributed by atoms with Crippen LogP contribution < -0.4 is 5.32 Å². The molecule has 0 saturated heterocycles. The molecule has 3 N–H and O–H groups in total. The molecule has 0 bridgehead atoms. The zero-order valence-corrected chi connectivity index (χ0v) is 14.5. The third-order valence-electron chi connectivity index (χ3n) is 2.71. The smallest absolute Gasteiger partial charge is 0.259 e. The number of phenolic OH excluding ortho intramolecular Hbond substituents is 1. The van der Waals surface area contributed by atoms with Crippen LogP contribution in [0.1, 0.15) is 15.9 Å². The topological polar surface area (TPSA) is 69.6 Å². The van der Waals surface area contributed by atoms with Gasteiger partial charge in [0.15, 0.2) is 0 Å². The molecule has 0 heterocycles. The van der Waals surface area contributed by atoms with E-state index in [2.05, 4.69) is 27.9 Å². The minimum atomic E-state index is -0.403. The lowest BCUT2D eigenvalue weighted by molar-refractivity contribution is 0.102. The van der Waals surface area contributed by atoms with Crippen molar-refractivity contribution >= 4 is 56.8 Å². The molecule has 6 heteroatoms. The zero-order valence-electron chi connectivity index (χ0n) is 10.2. The summed E-state index contributed by atoms with van der Waals surface area (Å²) in [7, 11) is 0. The van der Waals surface area contributed by atoms with Gasteiger partial charge < -0.3 is 15.5 Å². The van der Waals surface area contributed by atoms with Gasteiger partial charge in [0.25, 0.3) is 5.91 Å². The highest BCUT2D eigenvalue weighted by molar-refractivity contribution is 14.1. The van der Waals surface area contributed by atoms with Crippen molar-refractivity contribution in [2.75, 3.05) is 5.32 Å². The molecule has 0 aliphatic rings. The lowest BCUT2D eigenvalue weighted by Gasteiger charge is -2.11. The van der Waals surface area contributed by atoms with E-state index in [1.54, 1.807) is 36.4 Å². The molecule has 0 aromatic heterocycles. The van der Waals surface area contributed by atoms with E-state index in [9.17, 15) is 15.0 Å².